The van der Waals surface area contributed by atoms with Crippen molar-refractivity contribution in [1.29, 1.82) is 0 Å². The van der Waals surface area contributed by atoms with Gasteiger partial charge in [-0.25, -0.2) is 0 Å². The van der Waals surface area contributed by atoms with E-state index in [1.54, 1.807) is 25.1 Å². The molecule has 1 heterocycles. The number of ether oxygens (including phenoxy) is 1. The van der Waals surface area contributed by atoms with Crippen molar-refractivity contribution in [3.8, 4) is 5.75 Å². The van der Waals surface area contributed by atoms with E-state index >= 15 is 0 Å². The van der Waals surface area contributed by atoms with Gasteiger partial charge in [0.1, 0.15) is 11.5 Å². The number of aryl methyl sites for hydroxylation is 1. The molecule has 0 saturated heterocycles. The van der Waals surface area contributed by atoms with Crippen LogP contribution in [-0.2, 0) is 17.4 Å². The number of halogens is 3. The van der Waals surface area contributed by atoms with Gasteiger partial charge in [0.25, 0.3) is 0 Å². The molecule has 0 aliphatic carbocycles. The summed E-state index contributed by atoms with van der Waals surface area (Å²) in [6.45, 7) is 0. The van der Waals surface area contributed by atoms with Gasteiger partial charge in [-0.15, -0.1) is 11.8 Å². The summed E-state index contributed by atoms with van der Waals surface area (Å²) >= 11 is 1.62. The summed E-state index contributed by atoms with van der Waals surface area (Å²) in [7, 11) is 1.63. The van der Waals surface area contributed by atoms with Crippen molar-refractivity contribution < 1.29 is 22.7 Å². The standard InChI is InChI=1S/C25H26F3NO2S/c1-31-21-11-7-18(8-12-21)6-10-20(30)5-3-2-4-16-32-24-14-15-29-23-17-19(25(26,27)28)9-13-22(23)24/h7-9,11-15,17H,2-6,10,16H2,1H3. The van der Waals surface area contributed by atoms with Crippen LogP contribution >= 0.6 is 11.8 Å². The summed E-state index contributed by atoms with van der Waals surface area (Å²) in [5.74, 6) is 1.93. The summed E-state index contributed by atoms with van der Waals surface area (Å²) in [4.78, 5) is 17.1. The van der Waals surface area contributed by atoms with Crippen LogP contribution in [-0.4, -0.2) is 23.6 Å². The number of Topliss-reactive ketones (excluding diaryl/α,β-unsaturated/α-hetero) is 1. The molecule has 0 amide bonds. The molecule has 170 valence electrons. The molecule has 0 N–H and O–H groups in total. The van der Waals surface area contributed by atoms with E-state index in [1.807, 2.05) is 30.3 Å². The number of aromatic nitrogens is 1. The predicted molar refractivity (Wildman–Crippen MR) is 122 cm³/mol. The Morgan fingerprint density at radius 2 is 1.78 bits per heavy atom. The highest BCUT2D eigenvalue weighted by molar-refractivity contribution is 7.99. The Hall–Kier alpha value is -2.54. The number of unbranched alkanes of at least 4 members (excludes halogenated alkanes) is 2. The minimum absolute atomic E-state index is 0.272. The lowest BCUT2D eigenvalue weighted by molar-refractivity contribution is -0.137. The number of benzene rings is 2. The monoisotopic (exact) mass is 461 g/mol. The lowest BCUT2D eigenvalue weighted by Gasteiger charge is -2.10. The summed E-state index contributed by atoms with van der Waals surface area (Å²) in [6, 6.07) is 13.3. The molecule has 3 nitrogen and oxygen atoms in total. The molecule has 32 heavy (non-hydrogen) atoms. The van der Waals surface area contributed by atoms with Gasteiger partial charge in [-0.1, -0.05) is 24.6 Å². The molecular formula is C25H26F3NO2S. The van der Waals surface area contributed by atoms with Crippen molar-refractivity contribution in [1.82, 2.24) is 4.98 Å². The zero-order chi connectivity index (χ0) is 23.0. The summed E-state index contributed by atoms with van der Waals surface area (Å²) < 4.78 is 43.8. The SMILES string of the molecule is COc1ccc(CCC(=O)CCCCCSc2ccnc3cc(C(F)(F)F)ccc23)cc1. The van der Waals surface area contributed by atoms with Gasteiger partial charge in [0.05, 0.1) is 18.2 Å². The van der Waals surface area contributed by atoms with E-state index < -0.39 is 11.7 Å². The molecule has 0 aliphatic rings. The fraction of sp³-hybridized carbons (Fsp3) is 0.360. The molecule has 0 bridgehead atoms. The first-order chi connectivity index (χ1) is 15.4. The normalized spacial score (nSPS) is 11.6. The molecule has 7 heteroatoms. The van der Waals surface area contributed by atoms with E-state index in [1.165, 1.54) is 6.07 Å². The van der Waals surface area contributed by atoms with Crippen LogP contribution in [0, 0.1) is 0 Å². The Kier molecular flexibility index (Phi) is 8.56. The molecule has 0 aliphatic heterocycles. The second-order valence-electron chi connectivity index (χ2n) is 7.58. The van der Waals surface area contributed by atoms with Gasteiger partial charge in [0.2, 0.25) is 0 Å². The van der Waals surface area contributed by atoms with Gasteiger partial charge in [-0.3, -0.25) is 9.78 Å². The maximum Gasteiger partial charge on any atom is 0.416 e. The second kappa shape index (κ2) is 11.4. The Labute approximate surface area is 190 Å². The van der Waals surface area contributed by atoms with E-state index in [0.717, 1.165) is 65.2 Å². The first-order valence-corrected chi connectivity index (χ1v) is 11.6. The number of carbonyl (C=O) groups excluding carboxylic acids is 1. The average Bonchev–Trinajstić information content (AvgIpc) is 2.79. The van der Waals surface area contributed by atoms with Crippen molar-refractivity contribution in [3.05, 3.63) is 65.9 Å². The number of alkyl halides is 3. The first kappa shape index (κ1) is 24.1. The van der Waals surface area contributed by atoms with E-state index in [-0.39, 0.29) is 5.78 Å². The Bertz CT molecular complexity index is 1040. The lowest BCUT2D eigenvalue weighted by Crippen LogP contribution is -2.04. The summed E-state index contributed by atoms with van der Waals surface area (Å²) in [5, 5.41) is 0.735. The second-order valence-corrected chi connectivity index (χ2v) is 8.72. The molecule has 0 atom stereocenters. The number of methoxy groups -OCH3 is 1. The number of carbonyl (C=O) groups is 1. The number of hydrogen-bond donors (Lipinski definition) is 0. The van der Waals surface area contributed by atoms with Crippen LogP contribution < -0.4 is 4.74 Å². The third kappa shape index (κ3) is 6.99. The van der Waals surface area contributed by atoms with Crippen molar-refractivity contribution in [2.75, 3.05) is 12.9 Å². The van der Waals surface area contributed by atoms with Crippen LogP contribution in [0.25, 0.3) is 10.9 Å². The highest BCUT2D eigenvalue weighted by Gasteiger charge is 2.30. The van der Waals surface area contributed by atoms with Crippen molar-refractivity contribution in [3.63, 3.8) is 0 Å². The lowest BCUT2D eigenvalue weighted by atomic mass is 10.0. The third-order valence-electron chi connectivity index (χ3n) is 5.24. The fourth-order valence-electron chi connectivity index (χ4n) is 3.41. The molecule has 1 aromatic heterocycles. The smallest absolute Gasteiger partial charge is 0.416 e. The highest BCUT2D eigenvalue weighted by atomic mass is 32.2. The minimum atomic E-state index is -4.37. The van der Waals surface area contributed by atoms with Crippen LogP contribution in [0.4, 0.5) is 13.2 Å². The van der Waals surface area contributed by atoms with Gasteiger partial charge in [0, 0.05) is 29.3 Å². The molecular weight excluding hydrogens is 435 g/mol. The number of hydrogen-bond acceptors (Lipinski definition) is 4. The van der Waals surface area contributed by atoms with Gasteiger partial charge in [0.15, 0.2) is 0 Å². The van der Waals surface area contributed by atoms with Crippen molar-refractivity contribution in [2.24, 2.45) is 0 Å². The zero-order valence-electron chi connectivity index (χ0n) is 18.0. The molecule has 0 fully saturated rings. The Balaban J connectivity index is 1.37. The molecule has 0 radical (unpaired) electrons. The Morgan fingerprint density at radius 1 is 1.00 bits per heavy atom. The highest BCUT2D eigenvalue weighted by Crippen LogP contribution is 2.34. The minimum Gasteiger partial charge on any atom is -0.497 e. The van der Waals surface area contributed by atoms with Gasteiger partial charge in [-0.2, -0.15) is 13.2 Å². The first-order valence-electron chi connectivity index (χ1n) is 10.6. The number of rotatable bonds is 11. The number of thioether (sulfide) groups is 1. The van der Waals surface area contributed by atoms with E-state index in [2.05, 4.69) is 4.98 Å². The van der Waals surface area contributed by atoms with Crippen LogP contribution in [0.15, 0.2) is 59.6 Å². The third-order valence-corrected chi connectivity index (χ3v) is 6.40. The molecule has 0 unspecified atom stereocenters. The Morgan fingerprint density at radius 3 is 2.50 bits per heavy atom. The van der Waals surface area contributed by atoms with Crippen LogP contribution in [0.3, 0.4) is 0 Å². The number of pyridine rings is 1. The number of nitrogens with zero attached hydrogens (tertiary/aromatic N) is 1. The van der Waals surface area contributed by atoms with E-state index in [9.17, 15) is 18.0 Å². The molecule has 2 aromatic carbocycles. The quantitative estimate of drug-likeness (QED) is 0.225. The van der Waals surface area contributed by atoms with Gasteiger partial charge in [-0.05, 0) is 60.9 Å². The number of fused-ring (bicyclic) bond motifs is 1. The molecule has 3 rings (SSSR count). The van der Waals surface area contributed by atoms with Gasteiger partial charge < -0.3 is 4.74 Å². The van der Waals surface area contributed by atoms with E-state index in [0.29, 0.717) is 18.4 Å². The van der Waals surface area contributed by atoms with Crippen molar-refractivity contribution in [2.45, 2.75) is 49.6 Å². The van der Waals surface area contributed by atoms with E-state index in [4.69, 9.17) is 4.74 Å². The maximum atomic E-state index is 12.9. The predicted octanol–water partition coefficient (Wildman–Crippen LogP) is 7.12. The van der Waals surface area contributed by atoms with Crippen LogP contribution in [0.2, 0.25) is 0 Å². The number of ketones is 1. The fourth-order valence-corrected chi connectivity index (χ4v) is 4.46. The van der Waals surface area contributed by atoms with Crippen LogP contribution in [0.1, 0.15) is 43.2 Å². The molecule has 0 spiro atoms. The molecule has 0 saturated carbocycles. The topological polar surface area (TPSA) is 39.2 Å². The zero-order valence-corrected chi connectivity index (χ0v) is 18.8. The maximum absolute atomic E-state index is 12.9. The largest absolute Gasteiger partial charge is 0.497 e. The summed E-state index contributed by atoms with van der Waals surface area (Å²) in [5.41, 5.74) is 0.797. The van der Waals surface area contributed by atoms with Crippen molar-refractivity contribution >= 4 is 28.4 Å². The average molecular weight is 462 g/mol. The van der Waals surface area contributed by atoms with Gasteiger partial charge >= 0.3 is 6.18 Å². The summed E-state index contributed by atoms with van der Waals surface area (Å²) in [6.07, 6.45) is 1.79. The molecule has 3 aromatic rings. The van der Waals surface area contributed by atoms with Crippen LogP contribution in [0.5, 0.6) is 5.75 Å².